The number of rotatable bonds is 6. The van der Waals surface area contributed by atoms with Gasteiger partial charge in [-0.2, -0.15) is 0 Å². The molecule has 2 aliphatic heterocycles. The quantitative estimate of drug-likeness (QED) is 0.743. The second-order valence-electron chi connectivity index (χ2n) is 8.80. The molecule has 8 heteroatoms. The van der Waals surface area contributed by atoms with Gasteiger partial charge in [-0.15, -0.1) is 0 Å². The first-order valence-electron chi connectivity index (χ1n) is 11.3. The number of likely N-dealkylation sites (tertiary alicyclic amines) is 1. The summed E-state index contributed by atoms with van der Waals surface area (Å²) in [5.41, 5.74) is 2.42. The Labute approximate surface area is 188 Å². The topological polar surface area (TPSA) is 87.8 Å². The molecule has 1 N–H and O–H groups in total. The number of fused-ring (bicyclic) bond motifs is 1. The summed E-state index contributed by atoms with van der Waals surface area (Å²) in [6, 6.07) is 5.72. The van der Waals surface area contributed by atoms with Crippen molar-refractivity contribution in [2.45, 2.75) is 58.2 Å². The summed E-state index contributed by atoms with van der Waals surface area (Å²) < 4.78 is 10.6. The van der Waals surface area contributed by atoms with Crippen LogP contribution in [0.15, 0.2) is 23.0 Å². The van der Waals surface area contributed by atoms with E-state index in [1.54, 1.807) is 14.2 Å². The molecule has 1 fully saturated rings. The van der Waals surface area contributed by atoms with Crippen molar-refractivity contribution in [3.05, 3.63) is 51.2 Å². The third-order valence-electron chi connectivity index (χ3n) is 6.54. The average Bonchev–Trinajstić information content (AvgIpc) is 3.29. The molecule has 2 aromatic rings. The van der Waals surface area contributed by atoms with Crippen LogP contribution < -0.4 is 15.0 Å². The molecule has 0 unspecified atom stereocenters. The number of aromatic amines is 1. The number of nitrogens with zero attached hydrogens (tertiary/aromatic N) is 3. The van der Waals surface area contributed by atoms with Crippen molar-refractivity contribution in [2.75, 3.05) is 27.3 Å². The molecule has 0 saturated carbocycles. The third-order valence-corrected chi connectivity index (χ3v) is 6.54. The van der Waals surface area contributed by atoms with Gasteiger partial charge < -0.3 is 19.4 Å². The van der Waals surface area contributed by atoms with Crippen LogP contribution in [0.4, 0.5) is 0 Å². The minimum Gasteiger partial charge on any atom is -0.493 e. The molecular formula is C24H32N4O4. The van der Waals surface area contributed by atoms with Gasteiger partial charge in [0.1, 0.15) is 5.82 Å². The van der Waals surface area contributed by atoms with E-state index in [2.05, 4.69) is 23.7 Å². The molecule has 172 valence electrons. The molecular weight excluding hydrogens is 408 g/mol. The highest BCUT2D eigenvalue weighted by molar-refractivity contribution is 5.79. The Morgan fingerprint density at radius 2 is 2.00 bits per heavy atom. The van der Waals surface area contributed by atoms with Crippen molar-refractivity contribution in [3.8, 4) is 11.5 Å². The molecule has 3 heterocycles. The third kappa shape index (κ3) is 4.37. The Hall–Kier alpha value is -2.87. The predicted molar refractivity (Wildman–Crippen MR) is 121 cm³/mol. The Morgan fingerprint density at radius 1 is 1.22 bits per heavy atom. The fraction of sp³-hybridized carbons (Fsp3) is 0.542. The number of carbonyl (C=O) groups is 1. The van der Waals surface area contributed by atoms with E-state index in [9.17, 15) is 9.59 Å². The van der Waals surface area contributed by atoms with Crippen molar-refractivity contribution in [1.29, 1.82) is 0 Å². The molecule has 1 saturated heterocycles. The molecule has 0 spiro atoms. The van der Waals surface area contributed by atoms with E-state index in [4.69, 9.17) is 14.5 Å². The average molecular weight is 441 g/mol. The first-order chi connectivity index (χ1) is 15.4. The van der Waals surface area contributed by atoms with Gasteiger partial charge in [-0.25, -0.2) is 4.98 Å². The number of hydrogen-bond acceptors (Lipinski definition) is 6. The lowest BCUT2D eigenvalue weighted by Gasteiger charge is -2.31. The molecule has 1 atom stereocenters. The van der Waals surface area contributed by atoms with E-state index in [1.807, 2.05) is 23.1 Å². The van der Waals surface area contributed by atoms with Gasteiger partial charge in [0.25, 0.3) is 5.56 Å². The van der Waals surface area contributed by atoms with Crippen LogP contribution in [0.25, 0.3) is 0 Å². The van der Waals surface area contributed by atoms with Gasteiger partial charge in [-0.3, -0.25) is 14.5 Å². The van der Waals surface area contributed by atoms with Gasteiger partial charge in [-0.1, -0.05) is 6.07 Å². The van der Waals surface area contributed by atoms with E-state index in [1.165, 1.54) is 0 Å². The van der Waals surface area contributed by atoms with Crippen LogP contribution in [0, 0.1) is 0 Å². The number of carbonyl (C=O) groups excluding carboxylic acids is 1. The van der Waals surface area contributed by atoms with Crippen LogP contribution in [-0.4, -0.2) is 59.0 Å². The Morgan fingerprint density at radius 3 is 2.72 bits per heavy atom. The fourth-order valence-corrected chi connectivity index (χ4v) is 4.68. The number of amides is 1. The molecule has 1 amide bonds. The van der Waals surface area contributed by atoms with Crippen molar-refractivity contribution < 1.29 is 14.3 Å². The summed E-state index contributed by atoms with van der Waals surface area (Å²) >= 11 is 0. The summed E-state index contributed by atoms with van der Waals surface area (Å²) in [4.78, 5) is 38.0. The molecule has 1 aromatic carbocycles. The lowest BCUT2D eigenvalue weighted by Crippen LogP contribution is -2.40. The zero-order valence-electron chi connectivity index (χ0n) is 19.3. The molecule has 0 bridgehead atoms. The van der Waals surface area contributed by atoms with Crippen molar-refractivity contribution in [2.24, 2.45) is 0 Å². The predicted octanol–water partition coefficient (Wildman–Crippen LogP) is 2.46. The maximum absolute atomic E-state index is 13.2. The molecule has 8 nitrogen and oxygen atoms in total. The summed E-state index contributed by atoms with van der Waals surface area (Å²) in [6.07, 6.45) is 2.72. The highest BCUT2D eigenvalue weighted by Gasteiger charge is 2.33. The van der Waals surface area contributed by atoms with E-state index in [0.717, 1.165) is 42.6 Å². The molecule has 4 rings (SSSR count). The minimum atomic E-state index is -0.191. The van der Waals surface area contributed by atoms with Gasteiger partial charge in [-0.05, 0) is 44.4 Å². The highest BCUT2D eigenvalue weighted by atomic mass is 16.5. The number of hydrogen-bond donors (Lipinski definition) is 1. The van der Waals surface area contributed by atoms with Crippen LogP contribution in [0.5, 0.6) is 11.5 Å². The zero-order valence-corrected chi connectivity index (χ0v) is 19.3. The zero-order chi connectivity index (χ0) is 22.8. The molecule has 0 aliphatic carbocycles. The van der Waals surface area contributed by atoms with Crippen molar-refractivity contribution in [1.82, 2.24) is 19.8 Å². The number of benzene rings is 1. The molecule has 1 aromatic heterocycles. The van der Waals surface area contributed by atoms with Crippen LogP contribution >= 0.6 is 0 Å². The second kappa shape index (κ2) is 9.32. The van der Waals surface area contributed by atoms with Crippen molar-refractivity contribution >= 4 is 5.91 Å². The summed E-state index contributed by atoms with van der Waals surface area (Å²) in [6.45, 7) is 6.47. The number of methoxy groups -OCH3 is 2. The highest BCUT2D eigenvalue weighted by Crippen LogP contribution is 2.32. The standard InChI is InChI=1S/C24H32N4O4/c1-15(2)27-11-9-18-17(14-27)24(30)26-23(25-18)19-6-5-10-28(19)22(29)13-16-7-8-20(31-3)21(12-16)32-4/h7-8,12,15,19H,5-6,9-11,13-14H2,1-4H3,(H,25,26,30)/t19-/m0/s1. The summed E-state index contributed by atoms with van der Waals surface area (Å²) in [7, 11) is 3.17. The van der Waals surface area contributed by atoms with Gasteiger partial charge in [0.05, 0.1) is 37.9 Å². The van der Waals surface area contributed by atoms with E-state index >= 15 is 0 Å². The SMILES string of the molecule is COc1ccc(CC(=O)N2CCC[C@H]2c2nc3c(c(=O)[nH]2)CN(C(C)C)CC3)cc1OC. The minimum absolute atomic E-state index is 0.0195. The van der Waals surface area contributed by atoms with Gasteiger partial charge in [0, 0.05) is 32.1 Å². The first-order valence-corrected chi connectivity index (χ1v) is 11.3. The van der Waals surface area contributed by atoms with Crippen molar-refractivity contribution in [3.63, 3.8) is 0 Å². The summed E-state index contributed by atoms with van der Waals surface area (Å²) in [5, 5.41) is 0. The van der Waals surface area contributed by atoms with E-state index < -0.39 is 0 Å². The number of nitrogens with one attached hydrogen (secondary N) is 1. The van der Waals surface area contributed by atoms with E-state index in [-0.39, 0.29) is 23.9 Å². The number of H-pyrrole nitrogens is 1. The summed E-state index contributed by atoms with van der Waals surface area (Å²) in [5.74, 6) is 1.87. The van der Waals surface area contributed by atoms with Crippen LogP contribution in [0.2, 0.25) is 0 Å². The van der Waals surface area contributed by atoms with Gasteiger partial charge in [0.2, 0.25) is 5.91 Å². The molecule has 0 radical (unpaired) electrons. The molecule has 32 heavy (non-hydrogen) atoms. The Balaban J connectivity index is 1.53. The second-order valence-corrected chi connectivity index (χ2v) is 8.80. The van der Waals surface area contributed by atoms with Crippen LogP contribution in [0.3, 0.4) is 0 Å². The van der Waals surface area contributed by atoms with Gasteiger partial charge >= 0.3 is 0 Å². The van der Waals surface area contributed by atoms with Gasteiger partial charge in [0.15, 0.2) is 11.5 Å². The number of aromatic nitrogens is 2. The lowest BCUT2D eigenvalue weighted by atomic mass is 10.0. The molecule has 2 aliphatic rings. The largest absolute Gasteiger partial charge is 0.493 e. The lowest BCUT2D eigenvalue weighted by molar-refractivity contribution is -0.131. The fourth-order valence-electron chi connectivity index (χ4n) is 4.68. The van der Waals surface area contributed by atoms with E-state index in [0.29, 0.717) is 36.5 Å². The maximum atomic E-state index is 13.2. The Kier molecular flexibility index (Phi) is 6.50. The smallest absolute Gasteiger partial charge is 0.255 e. The van der Waals surface area contributed by atoms with Crippen LogP contribution in [0.1, 0.15) is 55.4 Å². The first kappa shape index (κ1) is 22.3. The number of ether oxygens (including phenoxy) is 2. The Bertz CT molecular complexity index is 1050. The monoisotopic (exact) mass is 440 g/mol. The normalized spacial score (nSPS) is 18.7. The maximum Gasteiger partial charge on any atom is 0.255 e. The van der Waals surface area contributed by atoms with Crippen LogP contribution in [-0.2, 0) is 24.2 Å².